The van der Waals surface area contributed by atoms with Crippen LogP contribution in [0.5, 0.6) is 5.75 Å². The normalized spacial score (nSPS) is 12.1. The lowest BCUT2D eigenvalue weighted by molar-refractivity contribution is 0.102. The first-order valence-electron chi connectivity index (χ1n) is 15.5. The second kappa shape index (κ2) is 13.5. The lowest BCUT2D eigenvalue weighted by atomic mass is 9.92. The molecule has 4 aromatic rings. The van der Waals surface area contributed by atoms with E-state index in [1.807, 2.05) is 36.1 Å². The molecule has 1 aliphatic carbocycles. The van der Waals surface area contributed by atoms with Crippen LogP contribution in [0.4, 0.5) is 23.0 Å². The summed E-state index contributed by atoms with van der Waals surface area (Å²) in [4.78, 5) is 27.7. The highest BCUT2D eigenvalue weighted by Gasteiger charge is 2.28. The van der Waals surface area contributed by atoms with Crippen LogP contribution >= 0.6 is 0 Å². The lowest BCUT2D eigenvalue weighted by Gasteiger charge is -2.22. The van der Waals surface area contributed by atoms with E-state index in [4.69, 9.17) is 9.72 Å². The molecule has 0 atom stereocenters. The molecular weight excluding hydrogens is 550 g/mol. The van der Waals surface area contributed by atoms with Crippen LogP contribution in [-0.4, -0.2) is 66.7 Å². The maximum atomic E-state index is 13.7. The van der Waals surface area contributed by atoms with Gasteiger partial charge in [0.2, 0.25) is 5.95 Å². The van der Waals surface area contributed by atoms with Crippen molar-refractivity contribution in [2.24, 2.45) is 7.05 Å². The Bertz CT molecular complexity index is 1620. The molecule has 0 bridgehead atoms. The minimum Gasteiger partial charge on any atom is -0.494 e. The van der Waals surface area contributed by atoms with Crippen LogP contribution in [0.2, 0.25) is 0 Å². The Morgan fingerprint density at radius 2 is 1.80 bits per heavy atom. The highest BCUT2D eigenvalue weighted by atomic mass is 16.5. The first-order valence-corrected chi connectivity index (χ1v) is 15.5. The van der Waals surface area contributed by atoms with Gasteiger partial charge in [-0.15, -0.1) is 0 Å². The number of aromatic nitrogens is 3. The topological polar surface area (TPSA) is 87.6 Å². The van der Waals surface area contributed by atoms with Crippen LogP contribution in [0, 0.1) is 0 Å². The van der Waals surface area contributed by atoms with Crippen molar-refractivity contribution in [1.82, 2.24) is 19.4 Å². The van der Waals surface area contributed by atoms with Crippen LogP contribution in [0.1, 0.15) is 52.9 Å². The Balaban J connectivity index is 1.39. The van der Waals surface area contributed by atoms with Crippen LogP contribution in [0.15, 0.2) is 48.8 Å². The highest BCUT2D eigenvalue weighted by Crippen LogP contribution is 2.37. The number of aryl methyl sites for hydroxylation is 4. The van der Waals surface area contributed by atoms with Crippen LogP contribution in [-0.2, 0) is 32.7 Å². The van der Waals surface area contributed by atoms with Gasteiger partial charge in [0.05, 0.1) is 29.7 Å². The standard InChI is InChI=1S/C35H45N7O2/c1-8-23-12-10-13-24(9-2)31(23)38-34(43)28-22-42(6)33-27(28)16-14-25-21-36-35(39-32(25)33)37-29-17-15-26(20-30(29)44-7)41(5)19-11-18-40(3)4/h10,12-13,15,17,20-22H,8-9,11,14,16,18-19H2,1-7H3,(H,38,43)(H,36,37,39). The number of hydrogen-bond donors (Lipinski definition) is 2. The number of methoxy groups -OCH3 is 1. The van der Waals surface area contributed by atoms with Gasteiger partial charge in [-0.1, -0.05) is 32.0 Å². The van der Waals surface area contributed by atoms with Crippen LogP contribution in [0.25, 0.3) is 11.4 Å². The van der Waals surface area contributed by atoms with E-state index in [2.05, 4.69) is 84.7 Å². The molecule has 0 radical (unpaired) electrons. The zero-order chi connectivity index (χ0) is 31.4. The van der Waals surface area contributed by atoms with Gasteiger partial charge in [-0.05, 0) is 87.1 Å². The van der Waals surface area contributed by atoms with E-state index in [0.29, 0.717) is 11.5 Å². The zero-order valence-electron chi connectivity index (χ0n) is 27.1. The summed E-state index contributed by atoms with van der Waals surface area (Å²) in [6.07, 6.45) is 8.15. The maximum Gasteiger partial charge on any atom is 0.257 e. The van der Waals surface area contributed by atoms with Gasteiger partial charge in [-0.3, -0.25) is 4.79 Å². The highest BCUT2D eigenvalue weighted by molar-refractivity contribution is 6.07. The van der Waals surface area contributed by atoms with E-state index in [9.17, 15) is 4.79 Å². The van der Waals surface area contributed by atoms with Gasteiger partial charge in [0.15, 0.2) is 0 Å². The fraction of sp³-hybridized carbons (Fsp3) is 0.400. The van der Waals surface area contributed by atoms with Crippen molar-refractivity contribution < 1.29 is 9.53 Å². The third kappa shape index (κ3) is 6.43. The van der Waals surface area contributed by atoms with E-state index in [0.717, 1.165) is 102 Å². The molecule has 9 heteroatoms. The molecule has 0 unspecified atom stereocenters. The summed E-state index contributed by atoms with van der Waals surface area (Å²) < 4.78 is 7.77. The van der Waals surface area contributed by atoms with Gasteiger partial charge in [0.1, 0.15) is 5.75 Å². The van der Waals surface area contributed by atoms with E-state index in [1.54, 1.807) is 7.11 Å². The average molecular weight is 596 g/mol. The van der Waals surface area contributed by atoms with Crippen LogP contribution in [0.3, 0.4) is 0 Å². The number of fused-ring (bicyclic) bond motifs is 3. The Labute approximate surface area is 261 Å². The molecule has 0 fully saturated rings. The molecule has 2 aromatic carbocycles. The smallest absolute Gasteiger partial charge is 0.257 e. The number of carbonyl (C=O) groups is 1. The summed E-state index contributed by atoms with van der Waals surface area (Å²) >= 11 is 0. The number of nitrogens with zero attached hydrogens (tertiary/aromatic N) is 5. The number of carbonyl (C=O) groups excluding carboxylic acids is 1. The van der Waals surface area contributed by atoms with Crippen molar-refractivity contribution in [3.8, 4) is 17.1 Å². The first kappa shape index (κ1) is 31.1. The summed E-state index contributed by atoms with van der Waals surface area (Å²) in [6, 6.07) is 12.4. The van der Waals surface area contributed by atoms with E-state index in [-0.39, 0.29) is 5.91 Å². The number of anilines is 4. The predicted octanol–water partition coefficient (Wildman–Crippen LogP) is 6.10. The number of amides is 1. The molecule has 2 aromatic heterocycles. The molecule has 5 rings (SSSR count). The molecule has 0 spiro atoms. The minimum atomic E-state index is -0.0789. The Morgan fingerprint density at radius 3 is 2.48 bits per heavy atom. The summed E-state index contributed by atoms with van der Waals surface area (Å²) in [6.45, 7) is 6.23. The SMILES string of the molecule is CCc1cccc(CC)c1NC(=O)c1cn(C)c2c1CCc1cnc(Nc3ccc(N(C)CCCN(C)C)cc3OC)nc1-2. The molecule has 0 saturated carbocycles. The number of para-hydroxylation sites is 1. The van der Waals surface area contributed by atoms with Gasteiger partial charge in [-0.2, -0.15) is 0 Å². The van der Waals surface area contributed by atoms with Gasteiger partial charge < -0.3 is 29.7 Å². The largest absolute Gasteiger partial charge is 0.494 e. The molecule has 44 heavy (non-hydrogen) atoms. The summed E-state index contributed by atoms with van der Waals surface area (Å²) in [5, 5.41) is 6.63. The van der Waals surface area contributed by atoms with Crippen molar-refractivity contribution in [2.75, 3.05) is 56.9 Å². The second-order valence-electron chi connectivity index (χ2n) is 11.7. The molecule has 2 N–H and O–H groups in total. The minimum absolute atomic E-state index is 0.0789. The fourth-order valence-electron chi connectivity index (χ4n) is 6.03. The number of ether oxygens (including phenoxy) is 1. The second-order valence-corrected chi connectivity index (χ2v) is 11.7. The third-order valence-electron chi connectivity index (χ3n) is 8.47. The van der Waals surface area contributed by atoms with E-state index < -0.39 is 0 Å². The van der Waals surface area contributed by atoms with Gasteiger partial charge in [0, 0.05) is 50.5 Å². The first-order chi connectivity index (χ1) is 21.2. The predicted molar refractivity (Wildman–Crippen MR) is 180 cm³/mol. The van der Waals surface area contributed by atoms with Crippen molar-refractivity contribution in [1.29, 1.82) is 0 Å². The average Bonchev–Trinajstić information content (AvgIpc) is 3.37. The lowest BCUT2D eigenvalue weighted by Crippen LogP contribution is -2.23. The zero-order valence-corrected chi connectivity index (χ0v) is 27.1. The van der Waals surface area contributed by atoms with Crippen molar-refractivity contribution in [3.05, 3.63) is 76.6 Å². The van der Waals surface area contributed by atoms with Gasteiger partial charge in [-0.25, -0.2) is 9.97 Å². The fourth-order valence-corrected chi connectivity index (χ4v) is 6.03. The molecule has 232 valence electrons. The van der Waals surface area contributed by atoms with Crippen LogP contribution < -0.4 is 20.3 Å². The molecular formula is C35H45N7O2. The van der Waals surface area contributed by atoms with E-state index >= 15 is 0 Å². The Hall–Kier alpha value is -4.37. The molecule has 9 nitrogen and oxygen atoms in total. The third-order valence-corrected chi connectivity index (χ3v) is 8.47. The number of benzene rings is 2. The van der Waals surface area contributed by atoms with Gasteiger partial charge >= 0.3 is 0 Å². The molecule has 1 amide bonds. The number of rotatable bonds is 12. The molecule has 1 aliphatic rings. The monoisotopic (exact) mass is 595 g/mol. The number of hydrogen-bond acceptors (Lipinski definition) is 7. The Morgan fingerprint density at radius 1 is 1.05 bits per heavy atom. The summed E-state index contributed by atoms with van der Waals surface area (Å²) in [7, 11) is 9.94. The number of nitrogens with one attached hydrogen (secondary N) is 2. The molecule has 2 heterocycles. The quantitative estimate of drug-likeness (QED) is 0.205. The summed E-state index contributed by atoms with van der Waals surface area (Å²) in [5.41, 5.74) is 9.72. The maximum absolute atomic E-state index is 13.7. The van der Waals surface area contributed by atoms with Crippen molar-refractivity contribution >= 4 is 28.9 Å². The Kier molecular flexibility index (Phi) is 9.54. The van der Waals surface area contributed by atoms with Crippen molar-refractivity contribution in [3.63, 3.8) is 0 Å². The van der Waals surface area contributed by atoms with E-state index in [1.165, 1.54) is 0 Å². The molecule has 0 aliphatic heterocycles. The van der Waals surface area contributed by atoms with Gasteiger partial charge in [0.25, 0.3) is 5.91 Å². The summed E-state index contributed by atoms with van der Waals surface area (Å²) in [5.74, 6) is 1.13. The molecule has 0 saturated heterocycles. The van der Waals surface area contributed by atoms with Crippen molar-refractivity contribution in [2.45, 2.75) is 46.0 Å².